The van der Waals surface area contributed by atoms with E-state index in [1.807, 2.05) is 6.92 Å². The average molecular weight is 249 g/mol. The van der Waals surface area contributed by atoms with Gasteiger partial charge in [-0.2, -0.15) is 0 Å². The van der Waals surface area contributed by atoms with Gasteiger partial charge < -0.3 is 10.4 Å². The topological polar surface area (TPSA) is 75.1 Å². The number of aromatic nitrogens is 2. The highest BCUT2D eigenvalue weighted by molar-refractivity contribution is 7.11. The molecule has 0 saturated carbocycles. The standard InChI is InChI=1S/C11H11N3O2S/c1-7-13-4-8(17-7)5-14-11(16)9-2-3-12-6-10(9)15/h2-4,6,15H,5H2,1H3,(H,14,16). The van der Waals surface area contributed by atoms with Crippen molar-refractivity contribution in [1.82, 2.24) is 15.3 Å². The number of aryl methyl sites for hydroxylation is 1. The summed E-state index contributed by atoms with van der Waals surface area (Å²) in [5.74, 6) is -0.443. The molecule has 0 aliphatic heterocycles. The number of thiazole rings is 1. The second kappa shape index (κ2) is 4.92. The number of carbonyl (C=O) groups excluding carboxylic acids is 1. The number of carbonyl (C=O) groups is 1. The maximum Gasteiger partial charge on any atom is 0.255 e. The van der Waals surface area contributed by atoms with Gasteiger partial charge in [-0.3, -0.25) is 9.78 Å². The molecule has 0 aromatic carbocycles. The molecule has 2 aromatic heterocycles. The number of hydrogen-bond donors (Lipinski definition) is 2. The molecule has 1 amide bonds. The Morgan fingerprint density at radius 1 is 1.53 bits per heavy atom. The van der Waals surface area contributed by atoms with Crippen LogP contribution in [0.1, 0.15) is 20.2 Å². The van der Waals surface area contributed by atoms with Gasteiger partial charge in [0, 0.05) is 17.3 Å². The SMILES string of the molecule is Cc1ncc(CNC(=O)c2ccncc2O)s1. The first-order chi connectivity index (χ1) is 8.16. The zero-order chi connectivity index (χ0) is 12.3. The predicted molar refractivity (Wildman–Crippen MR) is 63.9 cm³/mol. The van der Waals surface area contributed by atoms with E-state index in [4.69, 9.17) is 0 Å². The average Bonchev–Trinajstić information content (AvgIpc) is 2.73. The summed E-state index contributed by atoms with van der Waals surface area (Å²) in [4.78, 5) is 20.5. The second-order valence-corrected chi connectivity index (χ2v) is 4.74. The third kappa shape index (κ3) is 2.79. The highest BCUT2D eigenvalue weighted by Gasteiger charge is 2.10. The molecule has 0 saturated heterocycles. The summed E-state index contributed by atoms with van der Waals surface area (Å²) in [5.41, 5.74) is 0.223. The first-order valence-electron chi connectivity index (χ1n) is 4.99. The molecule has 0 bridgehead atoms. The summed E-state index contributed by atoms with van der Waals surface area (Å²) in [7, 11) is 0. The number of rotatable bonds is 3. The van der Waals surface area contributed by atoms with Gasteiger partial charge in [-0.15, -0.1) is 11.3 Å². The van der Waals surface area contributed by atoms with Crippen molar-refractivity contribution < 1.29 is 9.90 Å². The molecule has 0 unspecified atom stereocenters. The van der Waals surface area contributed by atoms with Crippen LogP contribution in [-0.4, -0.2) is 21.0 Å². The van der Waals surface area contributed by atoms with E-state index < -0.39 is 0 Å². The molecule has 88 valence electrons. The normalized spacial score (nSPS) is 10.2. The van der Waals surface area contributed by atoms with Crippen LogP contribution in [0.15, 0.2) is 24.7 Å². The second-order valence-electron chi connectivity index (χ2n) is 3.42. The largest absolute Gasteiger partial charge is 0.505 e. The fraction of sp³-hybridized carbons (Fsp3) is 0.182. The van der Waals surface area contributed by atoms with E-state index in [0.717, 1.165) is 9.88 Å². The molecular formula is C11H11N3O2S. The van der Waals surface area contributed by atoms with E-state index in [0.29, 0.717) is 6.54 Å². The number of hydrogen-bond acceptors (Lipinski definition) is 5. The van der Waals surface area contributed by atoms with Crippen LogP contribution >= 0.6 is 11.3 Å². The summed E-state index contributed by atoms with van der Waals surface area (Å²) >= 11 is 1.53. The molecule has 2 N–H and O–H groups in total. The fourth-order valence-electron chi connectivity index (χ4n) is 1.33. The summed E-state index contributed by atoms with van der Waals surface area (Å²) in [6.45, 7) is 2.32. The van der Waals surface area contributed by atoms with Crippen LogP contribution < -0.4 is 5.32 Å². The molecule has 2 rings (SSSR count). The molecule has 5 nitrogen and oxygen atoms in total. The van der Waals surface area contributed by atoms with Gasteiger partial charge in [-0.25, -0.2) is 4.98 Å². The minimum atomic E-state index is -0.323. The van der Waals surface area contributed by atoms with E-state index in [2.05, 4.69) is 15.3 Å². The smallest absolute Gasteiger partial charge is 0.255 e. The van der Waals surface area contributed by atoms with Crippen LogP contribution in [0.2, 0.25) is 0 Å². The molecule has 6 heteroatoms. The minimum absolute atomic E-state index is 0.120. The lowest BCUT2D eigenvalue weighted by atomic mass is 10.2. The maximum absolute atomic E-state index is 11.7. The van der Waals surface area contributed by atoms with Gasteiger partial charge in [-0.05, 0) is 13.0 Å². The van der Waals surface area contributed by atoms with Crippen LogP contribution in [0.4, 0.5) is 0 Å². The van der Waals surface area contributed by atoms with Crippen LogP contribution in [0.5, 0.6) is 5.75 Å². The Bertz CT molecular complexity index is 539. The van der Waals surface area contributed by atoms with Crippen LogP contribution in [0, 0.1) is 6.92 Å². The summed E-state index contributed by atoms with van der Waals surface area (Å²) in [5, 5.41) is 13.1. The molecule has 0 aliphatic rings. The Kier molecular flexibility index (Phi) is 3.34. The van der Waals surface area contributed by atoms with Crippen LogP contribution in [0.25, 0.3) is 0 Å². The molecule has 0 aliphatic carbocycles. The molecule has 2 heterocycles. The van der Waals surface area contributed by atoms with Crippen molar-refractivity contribution in [3.8, 4) is 5.75 Å². The van der Waals surface area contributed by atoms with Crippen LogP contribution in [0.3, 0.4) is 0 Å². The lowest BCUT2D eigenvalue weighted by Crippen LogP contribution is -2.22. The lowest BCUT2D eigenvalue weighted by molar-refractivity contribution is 0.0948. The van der Waals surface area contributed by atoms with Crippen molar-refractivity contribution >= 4 is 17.2 Å². The highest BCUT2D eigenvalue weighted by Crippen LogP contribution is 2.15. The van der Waals surface area contributed by atoms with Gasteiger partial charge in [0.05, 0.1) is 23.3 Å². The van der Waals surface area contributed by atoms with Gasteiger partial charge in [0.1, 0.15) is 5.75 Å². The zero-order valence-corrected chi connectivity index (χ0v) is 9.99. The van der Waals surface area contributed by atoms with Crippen molar-refractivity contribution in [1.29, 1.82) is 0 Å². The summed E-state index contributed by atoms with van der Waals surface area (Å²) in [6, 6.07) is 1.47. The monoisotopic (exact) mass is 249 g/mol. The van der Waals surface area contributed by atoms with Gasteiger partial charge in [0.2, 0.25) is 0 Å². The highest BCUT2D eigenvalue weighted by atomic mass is 32.1. The predicted octanol–water partition coefficient (Wildman–Crippen LogP) is 1.48. The molecule has 0 spiro atoms. The number of pyridine rings is 1. The molecule has 17 heavy (non-hydrogen) atoms. The number of amides is 1. The Morgan fingerprint density at radius 3 is 3.00 bits per heavy atom. The number of nitrogens with zero attached hydrogens (tertiary/aromatic N) is 2. The molecule has 0 atom stereocenters. The molecule has 0 radical (unpaired) electrons. The fourth-order valence-corrected chi connectivity index (χ4v) is 2.06. The molecular weight excluding hydrogens is 238 g/mol. The third-order valence-corrected chi connectivity index (χ3v) is 3.05. The Balaban J connectivity index is 2.01. The maximum atomic E-state index is 11.7. The van der Waals surface area contributed by atoms with Crippen LogP contribution in [-0.2, 0) is 6.54 Å². The van der Waals surface area contributed by atoms with Crippen molar-refractivity contribution in [3.63, 3.8) is 0 Å². The first-order valence-corrected chi connectivity index (χ1v) is 5.81. The van der Waals surface area contributed by atoms with Gasteiger partial charge >= 0.3 is 0 Å². The van der Waals surface area contributed by atoms with Crippen molar-refractivity contribution in [2.45, 2.75) is 13.5 Å². The molecule has 0 fully saturated rings. The Labute approximate surface area is 102 Å². The van der Waals surface area contributed by atoms with E-state index >= 15 is 0 Å². The van der Waals surface area contributed by atoms with Gasteiger partial charge in [0.25, 0.3) is 5.91 Å². The van der Waals surface area contributed by atoms with Crippen molar-refractivity contribution in [3.05, 3.63) is 40.1 Å². The van der Waals surface area contributed by atoms with E-state index in [1.54, 1.807) is 6.20 Å². The quantitative estimate of drug-likeness (QED) is 0.864. The van der Waals surface area contributed by atoms with Crippen molar-refractivity contribution in [2.24, 2.45) is 0 Å². The third-order valence-electron chi connectivity index (χ3n) is 2.14. The first kappa shape index (κ1) is 11.5. The molecule has 2 aromatic rings. The Morgan fingerprint density at radius 2 is 2.35 bits per heavy atom. The van der Waals surface area contributed by atoms with Gasteiger partial charge in [-0.1, -0.05) is 0 Å². The van der Waals surface area contributed by atoms with Gasteiger partial charge in [0.15, 0.2) is 0 Å². The van der Waals surface area contributed by atoms with Crippen molar-refractivity contribution in [2.75, 3.05) is 0 Å². The minimum Gasteiger partial charge on any atom is -0.505 e. The Hall–Kier alpha value is -1.95. The van der Waals surface area contributed by atoms with E-state index in [-0.39, 0.29) is 17.2 Å². The number of nitrogens with one attached hydrogen (secondary N) is 1. The zero-order valence-electron chi connectivity index (χ0n) is 9.17. The lowest BCUT2D eigenvalue weighted by Gasteiger charge is -2.04. The summed E-state index contributed by atoms with van der Waals surface area (Å²) < 4.78 is 0. The summed E-state index contributed by atoms with van der Waals surface area (Å²) in [6.07, 6.45) is 4.43. The van der Waals surface area contributed by atoms with E-state index in [9.17, 15) is 9.90 Å². The van der Waals surface area contributed by atoms with E-state index in [1.165, 1.54) is 29.8 Å². The number of aromatic hydroxyl groups is 1.